The third-order valence-electron chi connectivity index (χ3n) is 2.64. The highest BCUT2D eigenvalue weighted by Gasteiger charge is 2.04. The Morgan fingerprint density at radius 3 is 2.94 bits per heavy atom. The summed E-state index contributed by atoms with van der Waals surface area (Å²) < 4.78 is 7.39. The molecule has 0 aliphatic heterocycles. The maximum atomic E-state index is 5.73. The Morgan fingerprint density at radius 1 is 1.22 bits per heavy atom. The van der Waals surface area contributed by atoms with Gasteiger partial charge in [-0.25, -0.2) is 9.50 Å². The number of hydrogen-bond donors (Lipinski definition) is 1. The van der Waals surface area contributed by atoms with E-state index in [2.05, 4.69) is 10.1 Å². The lowest BCUT2D eigenvalue weighted by Gasteiger charge is -2.08. The molecule has 0 aliphatic carbocycles. The van der Waals surface area contributed by atoms with Crippen molar-refractivity contribution < 1.29 is 4.74 Å². The van der Waals surface area contributed by atoms with Crippen LogP contribution in [-0.2, 0) is 0 Å². The van der Waals surface area contributed by atoms with Crippen LogP contribution in [0.3, 0.4) is 0 Å². The normalized spacial score (nSPS) is 10.7. The van der Waals surface area contributed by atoms with Gasteiger partial charge in [0.2, 0.25) is 5.88 Å². The minimum absolute atomic E-state index is 0.522. The minimum Gasteiger partial charge on any atom is -0.437 e. The highest BCUT2D eigenvalue weighted by atomic mass is 16.5. The van der Waals surface area contributed by atoms with Gasteiger partial charge in [-0.3, -0.25) is 0 Å². The topological polar surface area (TPSA) is 65.4 Å². The summed E-state index contributed by atoms with van der Waals surface area (Å²) >= 11 is 0. The number of nitrogens with zero attached hydrogens (tertiary/aromatic N) is 3. The molecule has 3 aromatic rings. The van der Waals surface area contributed by atoms with E-state index in [1.165, 1.54) is 0 Å². The Labute approximate surface area is 104 Å². The van der Waals surface area contributed by atoms with Gasteiger partial charge in [0.1, 0.15) is 5.75 Å². The van der Waals surface area contributed by atoms with Gasteiger partial charge in [-0.05, 0) is 36.8 Å². The fraction of sp³-hybridized carbons (Fsp3) is 0.0769. The van der Waals surface area contributed by atoms with Gasteiger partial charge in [-0.2, -0.15) is 0 Å². The van der Waals surface area contributed by atoms with Crippen molar-refractivity contribution in [2.45, 2.75) is 6.92 Å². The van der Waals surface area contributed by atoms with Crippen molar-refractivity contribution in [2.24, 2.45) is 0 Å². The molecule has 0 amide bonds. The third kappa shape index (κ3) is 1.86. The van der Waals surface area contributed by atoms with Crippen LogP contribution in [0.4, 0.5) is 5.69 Å². The molecule has 0 aliphatic rings. The van der Waals surface area contributed by atoms with E-state index in [1.807, 2.05) is 25.1 Å². The number of aromatic nitrogens is 3. The van der Waals surface area contributed by atoms with Gasteiger partial charge in [-0.1, -0.05) is 0 Å². The lowest BCUT2D eigenvalue weighted by molar-refractivity contribution is 0.449. The van der Waals surface area contributed by atoms with E-state index in [9.17, 15) is 0 Å². The summed E-state index contributed by atoms with van der Waals surface area (Å²) in [5.74, 6) is 1.27. The molecule has 90 valence electrons. The molecule has 0 radical (unpaired) electrons. The molecule has 2 aromatic heterocycles. The van der Waals surface area contributed by atoms with Gasteiger partial charge in [-0.15, -0.1) is 5.10 Å². The number of ether oxygens (including phenoxy) is 1. The average Bonchev–Trinajstić information content (AvgIpc) is 2.80. The summed E-state index contributed by atoms with van der Waals surface area (Å²) in [6.07, 6.45) is 3.47. The largest absolute Gasteiger partial charge is 0.437 e. The number of aryl methyl sites for hydroxylation is 1. The smallest absolute Gasteiger partial charge is 0.237 e. The van der Waals surface area contributed by atoms with Crippen molar-refractivity contribution in [3.63, 3.8) is 0 Å². The number of hydrogen-bond acceptors (Lipinski definition) is 4. The summed E-state index contributed by atoms with van der Waals surface area (Å²) in [4.78, 5) is 4.12. The number of benzene rings is 1. The van der Waals surface area contributed by atoms with E-state index in [0.717, 1.165) is 22.6 Å². The Morgan fingerprint density at radius 2 is 2.11 bits per heavy atom. The summed E-state index contributed by atoms with van der Waals surface area (Å²) in [5.41, 5.74) is 8.18. The second-order valence-electron chi connectivity index (χ2n) is 4.03. The van der Waals surface area contributed by atoms with E-state index in [4.69, 9.17) is 10.5 Å². The van der Waals surface area contributed by atoms with E-state index in [0.29, 0.717) is 5.88 Å². The SMILES string of the molecule is Cc1cc(N)ccc1Oc1ccc2nccn2n1. The van der Waals surface area contributed by atoms with Gasteiger partial charge >= 0.3 is 0 Å². The lowest BCUT2D eigenvalue weighted by atomic mass is 10.2. The van der Waals surface area contributed by atoms with Crippen molar-refractivity contribution in [2.75, 3.05) is 5.73 Å². The number of nitrogens with two attached hydrogens (primary N) is 1. The second-order valence-corrected chi connectivity index (χ2v) is 4.03. The van der Waals surface area contributed by atoms with E-state index < -0.39 is 0 Å². The molecule has 3 rings (SSSR count). The van der Waals surface area contributed by atoms with Gasteiger partial charge in [0.15, 0.2) is 5.65 Å². The molecule has 5 nitrogen and oxygen atoms in total. The summed E-state index contributed by atoms with van der Waals surface area (Å²) in [5, 5.41) is 4.29. The standard InChI is InChI=1S/C13H12N4O/c1-9-8-10(14)2-3-11(9)18-13-5-4-12-15-6-7-17(12)16-13/h2-8H,14H2,1H3. The number of fused-ring (bicyclic) bond motifs is 1. The highest BCUT2D eigenvalue weighted by molar-refractivity contribution is 5.48. The molecular formula is C13H12N4O. The first-order chi connectivity index (χ1) is 8.72. The first kappa shape index (κ1) is 10.6. The molecule has 1 aromatic carbocycles. The van der Waals surface area contributed by atoms with Crippen molar-refractivity contribution in [3.8, 4) is 11.6 Å². The summed E-state index contributed by atoms with van der Waals surface area (Å²) in [7, 11) is 0. The van der Waals surface area contributed by atoms with Crippen LogP contribution >= 0.6 is 0 Å². The van der Waals surface area contributed by atoms with Gasteiger partial charge in [0, 0.05) is 24.1 Å². The predicted octanol–water partition coefficient (Wildman–Crippen LogP) is 2.41. The third-order valence-corrected chi connectivity index (χ3v) is 2.64. The maximum Gasteiger partial charge on any atom is 0.237 e. The maximum absolute atomic E-state index is 5.73. The molecule has 2 heterocycles. The quantitative estimate of drug-likeness (QED) is 0.698. The van der Waals surface area contributed by atoms with Crippen LogP contribution < -0.4 is 10.5 Å². The van der Waals surface area contributed by atoms with Gasteiger partial charge < -0.3 is 10.5 Å². The Kier molecular flexibility index (Phi) is 2.37. The predicted molar refractivity (Wildman–Crippen MR) is 68.7 cm³/mol. The van der Waals surface area contributed by atoms with Gasteiger partial charge in [0.25, 0.3) is 0 Å². The fourth-order valence-electron chi connectivity index (χ4n) is 1.75. The monoisotopic (exact) mass is 240 g/mol. The zero-order valence-corrected chi connectivity index (χ0v) is 9.87. The van der Waals surface area contributed by atoms with Gasteiger partial charge in [0.05, 0.1) is 0 Å². The lowest BCUT2D eigenvalue weighted by Crippen LogP contribution is -1.96. The first-order valence-electron chi connectivity index (χ1n) is 5.57. The number of rotatable bonds is 2. The number of anilines is 1. The Bertz CT molecular complexity index is 705. The number of imidazole rings is 1. The van der Waals surface area contributed by atoms with Crippen molar-refractivity contribution in [1.82, 2.24) is 14.6 Å². The minimum atomic E-state index is 0.522. The molecule has 0 bridgehead atoms. The molecule has 2 N–H and O–H groups in total. The van der Waals surface area contributed by atoms with Crippen LogP contribution in [0.25, 0.3) is 5.65 Å². The molecule has 0 fully saturated rings. The molecule has 5 heteroatoms. The zero-order chi connectivity index (χ0) is 12.5. The van der Waals surface area contributed by atoms with Crippen LogP contribution in [0, 0.1) is 6.92 Å². The summed E-state index contributed by atoms with van der Waals surface area (Å²) in [6, 6.07) is 9.15. The molecule has 0 saturated carbocycles. The van der Waals surface area contributed by atoms with E-state index in [-0.39, 0.29) is 0 Å². The molecular weight excluding hydrogens is 228 g/mol. The molecule has 0 saturated heterocycles. The highest BCUT2D eigenvalue weighted by Crippen LogP contribution is 2.25. The van der Waals surface area contributed by atoms with Crippen LogP contribution in [0.2, 0.25) is 0 Å². The first-order valence-corrected chi connectivity index (χ1v) is 5.57. The van der Waals surface area contributed by atoms with Crippen LogP contribution in [0.5, 0.6) is 11.6 Å². The van der Waals surface area contributed by atoms with Crippen molar-refractivity contribution >= 4 is 11.3 Å². The second kappa shape index (κ2) is 4.03. The molecule has 0 unspecified atom stereocenters. The van der Waals surface area contributed by atoms with Crippen LogP contribution in [0.15, 0.2) is 42.7 Å². The van der Waals surface area contributed by atoms with Crippen LogP contribution in [-0.4, -0.2) is 14.6 Å². The zero-order valence-electron chi connectivity index (χ0n) is 9.87. The molecule has 0 atom stereocenters. The van der Waals surface area contributed by atoms with Crippen LogP contribution in [0.1, 0.15) is 5.56 Å². The molecule has 0 spiro atoms. The van der Waals surface area contributed by atoms with Crippen molar-refractivity contribution in [1.29, 1.82) is 0 Å². The fourth-order valence-corrected chi connectivity index (χ4v) is 1.75. The Balaban J connectivity index is 1.95. The average molecular weight is 240 g/mol. The van der Waals surface area contributed by atoms with Crippen molar-refractivity contribution in [3.05, 3.63) is 48.3 Å². The number of nitrogen functional groups attached to an aromatic ring is 1. The molecule has 18 heavy (non-hydrogen) atoms. The Hall–Kier alpha value is -2.56. The van der Waals surface area contributed by atoms with E-state index >= 15 is 0 Å². The van der Waals surface area contributed by atoms with E-state index in [1.54, 1.807) is 29.0 Å². The summed E-state index contributed by atoms with van der Waals surface area (Å²) in [6.45, 7) is 1.95.